The minimum atomic E-state index is -0.294. The number of hydrogen-bond acceptors (Lipinski definition) is 3. The highest BCUT2D eigenvalue weighted by atomic mass is 19.1. The van der Waals surface area contributed by atoms with Gasteiger partial charge in [-0.15, -0.1) is 0 Å². The van der Waals surface area contributed by atoms with Crippen molar-refractivity contribution < 1.29 is 13.9 Å². The Kier molecular flexibility index (Phi) is 3.86. The number of halogens is 1. The molecule has 0 radical (unpaired) electrons. The van der Waals surface area contributed by atoms with Crippen LogP contribution in [0.25, 0.3) is 0 Å². The van der Waals surface area contributed by atoms with Crippen molar-refractivity contribution in [2.75, 3.05) is 31.7 Å². The number of benzene rings is 1. The first-order valence-electron chi connectivity index (χ1n) is 5.59. The van der Waals surface area contributed by atoms with Gasteiger partial charge in [0.15, 0.2) is 11.5 Å². The van der Waals surface area contributed by atoms with Crippen LogP contribution in [0.1, 0.15) is 12.8 Å². The Labute approximate surface area is 94.6 Å². The first-order valence-corrected chi connectivity index (χ1v) is 5.59. The van der Waals surface area contributed by atoms with Crippen LogP contribution in [-0.4, -0.2) is 26.4 Å². The number of fused-ring (bicyclic) bond motifs is 1. The lowest BCUT2D eigenvalue weighted by atomic mass is 10.2. The van der Waals surface area contributed by atoms with Gasteiger partial charge in [-0.25, -0.2) is 0 Å². The lowest BCUT2D eigenvalue weighted by molar-refractivity contribution is 0.297. The van der Waals surface area contributed by atoms with Gasteiger partial charge in [0.25, 0.3) is 0 Å². The summed E-state index contributed by atoms with van der Waals surface area (Å²) in [5.41, 5.74) is 0.942. The van der Waals surface area contributed by atoms with Gasteiger partial charge in [-0.1, -0.05) is 0 Å². The Morgan fingerprint density at radius 2 is 2.00 bits per heavy atom. The topological polar surface area (TPSA) is 30.5 Å². The van der Waals surface area contributed by atoms with Crippen molar-refractivity contribution >= 4 is 5.69 Å². The third kappa shape index (κ3) is 2.78. The summed E-state index contributed by atoms with van der Waals surface area (Å²) in [5.74, 6) is 1.55. The number of alkyl halides is 1. The van der Waals surface area contributed by atoms with E-state index in [4.69, 9.17) is 9.47 Å². The third-order valence-corrected chi connectivity index (χ3v) is 2.39. The molecule has 0 saturated carbocycles. The zero-order valence-electron chi connectivity index (χ0n) is 9.17. The molecule has 1 N–H and O–H groups in total. The molecule has 16 heavy (non-hydrogen) atoms. The maximum Gasteiger partial charge on any atom is 0.163 e. The molecule has 1 heterocycles. The largest absolute Gasteiger partial charge is 0.490 e. The number of anilines is 1. The fourth-order valence-corrected chi connectivity index (χ4v) is 1.57. The van der Waals surface area contributed by atoms with Crippen molar-refractivity contribution in [1.82, 2.24) is 0 Å². The molecule has 0 spiro atoms. The average Bonchev–Trinajstić information content (AvgIpc) is 2.54. The minimum absolute atomic E-state index is 0.294. The highest BCUT2D eigenvalue weighted by molar-refractivity contribution is 5.54. The first kappa shape index (κ1) is 11.0. The van der Waals surface area contributed by atoms with Gasteiger partial charge in [-0.2, -0.15) is 0 Å². The van der Waals surface area contributed by atoms with E-state index < -0.39 is 0 Å². The zero-order valence-corrected chi connectivity index (χ0v) is 9.17. The summed E-state index contributed by atoms with van der Waals surface area (Å²) in [6, 6.07) is 5.71. The summed E-state index contributed by atoms with van der Waals surface area (Å²) in [5, 5.41) is 3.14. The number of nitrogens with one attached hydrogen (secondary N) is 1. The van der Waals surface area contributed by atoms with Gasteiger partial charge in [0, 0.05) is 24.7 Å². The lowest BCUT2D eigenvalue weighted by Crippen LogP contribution is -2.02. The van der Waals surface area contributed by atoms with E-state index in [0.717, 1.165) is 23.6 Å². The van der Waals surface area contributed by atoms with E-state index in [1.54, 1.807) is 0 Å². The standard InChI is InChI=1S/C12H16FNO2/c13-5-1-6-14-10-3-4-11-12(9-10)16-8-2-7-15-11/h3-4,9,14H,1-2,5-8H2. The van der Waals surface area contributed by atoms with Gasteiger partial charge in [-0.3, -0.25) is 4.39 Å². The van der Waals surface area contributed by atoms with E-state index in [9.17, 15) is 4.39 Å². The van der Waals surface area contributed by atoms with Gasteiger partial charge in [-0.05, 0) is 18.6 Å². The SMILES string of the molecule is FCCCNc1ccc2c(c1)OCCCO2. The lowest BCUT2D eigenvalue weighted by Gasteiger charge is -2.10. The molecule has 0 saturated heterocycles. The predicted octanol–water partition coefficient (Wildman–Crippen LogP) is 2.62. The van der Waals surface area contributed by atoms with E-state index >= 15 is 0 Å². The molecule has 0 aromatic heterocycles. The molecule has 1 aliphatic heterocycles. The molecule has 1 aromatic rings. The molecule has 1 aromatic carbocycles. The molecule has 88 valence electrons. The number of rotatable bonds is 4. The van der Waals surface area contributed by atoms with Crippen LogP contribution in [0.2, 0.25) is 0 Å². The van der Waals surface area contributed by atoms with Crippen molar-refractivity contribution in [3.8, 4) is 11.5 Å². The zero-order chi connectivity index (χ0) is 11.2. The van der Waals surface area contributed by atoms with Crippen LogP contribution < -0.4 is 14.8 Å². The highest BCUT2D eigenvalue weighted by Gasteiger charge is 2.10. The average molecular weight is 225 g/mol. The smallest absolute Gasteiger partial charge is 0.163 e. The van der Waals surface area contributed by atoms with Crippen molar-refractivity contribution in [3.63, 3.8) is 0 Å². The van der Waals surface area contributed by atoms with E-state index in [1.165, 1.54) is 0 Å². The predicted molar refractivity (Wildman–Crippen MR) is 61.1 cm³/mol. The van der Waals surface area contributed by atoms with Crippen LogP contribution >= 0.6 is 0 Å². The second-order valence-electron chi connectivity index (χ2n) is 3.68. The Bertz CT molecular complexity index is 344. The Morgan fingerprint density at radius 3 is 2.81 bits per heavy atom. The van der Waals surface area contributed by atoms with Crippen molar-refractivity contribution in [2.24, 2.45) is 0 Å². The summed E-state index contributed by atoms with van der Waals surface area (Å²) in [4.78, 5) is 0. The van der Waals surface area contributed by atoms with Crippen LogP contribution in [0.5, 0.6) is 11.5 Å². The highest BCUT2D eigenvalue weighted by Crippen LogP contribution is 2.32. The van der Waals surface area contributed by atoms with Crippen molar-refractivity contribution in [3.05, 3.63) is 18.2 Å². The van der Waals surface area contributed by atoms with Crippen LogP contribution in [0.4, 0.5) is 10.1 Å². The van der Waals surface area contributed by atoms with Gasteiger partial charge in [0.1, 0.15) is 0 Å². The second kappa shape index (κ2) is 5.58. The molecule has 0 aliphatic carbocycles. The maximum absolute atomic E-state index is 11.9. The second-order valence-corrected chi connectivity index (χ2v) is 3.68. The molecule has 4 heteroatoms. The number of ether oxygens (including phenoxy) is 2. The summed E-state index contributed by atoms with van der Waals surface area (Å²) in [7, 11) is 0. The van der Waals surface area contributed by atoms with Crippen LogP contribution in [0.3, 0.4) is 0 Å². The van der Waals surface area contributed by atoms with Crippen molar-refractivity contribution in [1.29, 1.82) is 0 Å². The summed E-state index contributed by atoms with van der Waals surface area (Å²) < 4.78 is 23.0. The van der Waals surface area contributed by atoms with Crippen molar-refractivity contribution in [2.45, 2.75) is 12.8 Å². The minimum Gasteiger partial charge on any atom is -0.490 e. The van der Waals surface area contributed by atoms with E-state index in [1.807, 2.05) is 18.2 Å². The number of hydrogen-bond donors (Lipinski definition) is 1. The molecule has 0 fully saturated rings. The summed E-state index contributed by atoms with van der Waals surface area (Å²) >= 11 is 0. The molecule has 0 amide bonds. The third-order valence-electron chi connectivity index (χ3n) is 2.39. The van der Waals surface area contributed by atoms with E-state index in [0.29, 0.717) is 26.2 Å². The van der Waals surface area contributed by atoms with Crippen LogP contribution in [0.15, 0.2) is 18.2 Å². The van der Waals surface area contributed by atoms with Crippen LogP contribution in [0, 0.1) is 0 Å². The molecular weight excluding hydrogens is 209 g/mol. The van der Waals surface area contributed by atoms with Gasteiger partial charge < -0.3 is 14.8 Å². The molecule has 1 aliphatic rings. The van der Waals surface area contributed by atoms with Crippen LogP contribution in [-0.2, 0) is 0 Å². The maximum atomic E-state index is 11.9. The Hall–Kier alpha value is -1.45. The monoisotopic (exact) mass is 225 g/mol. The fraction of sp³-hybridized carbons (Fsp3) is 0.500. The molecule has 3 nitrogen and oxygen atoms in total. The molecule has 0 unspecified atom stereocenters. The van der Waals surface area contributed by atoms with E-state index in [-0.39, 0.29) is 6.67 Å². The quantitative estimate of drug-likeness (QED) is 0.799. The normalized spacial score (nSPS) is 14.3. The molecule has 0 atom stereocenters. The summed E-state index contributed by atoms with van der Waals surface area (Å²) in [6.45, 7) is 1.72. The summed E-state index contributed by atoms with van der Waals surface area (Å²) in [6.07, 6.45) is 1.42. The molecular formula is C12H16FNO2. The van der Waals surface area contributed by atoms with Gasteiger partial charge in [0.05, 0.1) is 19.9 Å². The Balaban J connectivity index is 2.02. The fourth-order valence-electron chi connectivity index (χ4n) is 1.57. The van der Waals surface area contributed by atoms with E-state index in [2.05, 4.69) is 5.32 Å². The van der Waals surface area contributed by atoms with Gasteiger partial charge >= 0.3 is 0 Å². The molecule has 0 bridgehead atoms. The Morgan fingerprint density at radius 1 is 1.19 bits per heavy atom. The molecule has 2 rings (SSSR count). The first-order chi connectivity index (χ1) is 7.90. The van der Waals surface area contributed by atoms with Gasteiger partial charge in [0.2, 0.25) is 0 Å².